The van der Waals surface area contributed by atoms with Crippen molar-refractivity contribution in [2.24, 2.45) is 0 Å². The van der Waals surface area contributed by atoms with Gasteiger partial charge in [0.2, 0.25) is 17.8 Å². The predicted octanol–water partition coefficient (Wildman–Crippen LogP) is 2.03. The quantitative estimate of drug-likeness (QED) is 0.571. The van der Waals surface area contributed by atoms with E-state index in [1.54, 1.807) is 0 Å². The van der Waals surface area contributed by atoms with Gasteiger partial charge in [-0.1, -0.05) is 72.4 Å². The molecule has 1 amide bonds. The Bertz CT molecular complexity index is 816. The van der Waals surface area contributed by atoms with Crippen molar-refractivity contribution < 1.29 is 4.79 Å². The van der Waals surface area contributed by atoms with Gasteiger partial charge in [0.15, 0.2) is 5.16 Å². The molecule has 0 aliphatic carbocycles. The minimum Gasteiger partial charge on any atom is -0.368 e. The smallest absolute Gasteiger partial charge is 0.231 e. The molecule has 0 spiro atoms. The number of nitrogens with two attached hydrogens (primary N) is 2. The maximum absolute atomic E-state index is 12.5. The van der Waals surface area contributed by atoms with Crippen LogP contribution in [0.1, 0.15) is 17.2 Å². The number of nitrogens with zero attached hydrogens (tertiary/aromatic N) is 3. The van der Waals surface area contributed by atoms with E-state index in [4.69, 9.17) is 11.5 Å². The van der Waals surface area contributed by atoms with Crippen molar-refractivity contribution in [2.45, 2.75) is 11.2 Å². The Balaban J connectivity index is 1.71. The molecular weight excluding hydrogens is 348 g/mol. The molecule has 3 aromatic rings. The van der Waals surface area contributed by atoms with Crippen LogP contribution in [0.5, 0.6) is 0 Å². The molecule has 0 aliphatic heterocycles. The van der Waals surface area contributed by atoms with Gasteiger partial charge in [-0.15, -0.1) is 0 Å². The summed E-state index contributed by atoms with van der Waals surface area (Å²) in [5.74, 6) is 0.0583. The lowest BCUT2D eigenvalue weighted by Gasteiger charge is -2.19. The summed E-state index contributed by atoms with van der Waals surface area (Å²) in [5.41, 5.74) is 13.1. The van der Waals surface area contributed by atoms with Gasteiger partial charge in [-0.05, 0) is 11.1 Å². The fraction of sp³-hybridized carbons (Fsp3) is 0.111. The van der Waals surface area contributed by atoms with Crippen molar-refractivity contribution in [3.63, 3.8) is 0 Å². The van der Waals surface area contributed by atoms with Crippen molar-refractivity contribution in [3.8, 4) is 0 Å². The number of amides is 1. The van der Waals surface area contributed by atoms with Gasteiger partial charge in [-0.3, -0.25) is 4.79 Å². The van der Waals surface area contributed by atoms with Gasteiger partial charge in [0.05, 0.1) is 11.8 Å². The first-order valence-corrected chi connectivity index (χ1v) is 8.89. The molecule has 5 N–H and O–H groups in total. The van der Waals surface area contributed by atoms with Gasteiger partial charge in [-0.2, -0.15) is 15.0 Å². The molecule has 0 radical (unpaired) electrons. The molecule has 0 atom stereocenters. The molecule has 2 aromatic carbocycles. The number of carbonyl (C=O) groups is 1. The topological polar surface area (TPSA) is 120 Å². The number of nitrogen functional groups attached to an aromatic ring is 2. The van der Waals surface area contributed by atoms with Crippen LogP contribution in [0.4, 0.5) is 11.9 Å². The number of hydrogen-bond donors (Lipinski definition) is 3. The van der Waals surface area contributed by atoms with Crippen LogP contribution in [-0.4, -0.2) is 26.6 Å². The molecule has 26 heavy (non-hydrogen) atoms. The third-order valence-corrected chi connectivity index (χ3v) is 4.40. The number of carbonyl (C=O) groups excluding carboxylic acids is 1. The normalized spacial score (nSPS) is 10.7. The summed E-state index contributed by atoms with van der Waals surface area (Å²) in [6.45, 7) is 0. The molecule has 0 saturated heterocycles. The first kappa shape index (κ1) is 17.7. The standard InChI is InChI=1S/C18H18N6OS/c19-16-22-17(20)24-18(23-16)26-11-14(25)21-15(12-7-3-1-4-8-12)13-9-5-2-6-10-13/h1-10,15H,11H2,(H,21,25)(H4,19,20,22,23,24). The Morgan fingerprint density at radius 1 is 0.885 bits per heavy atom. The van der Waals surface area contributed by atoms with E-state index in [9.17, 15) is 4.79 Å². The van der Waals surface area contributed by atoms with E-state index in [-0.39, 0.29) is 29.6 Å². The van der Waals surface area contributed by atoms with E-state index in [1.807, 2.05) is 60.7 Å². The van der Waals surface area contributed by atoms with Gasteiger partial charge >= 0.3 is 0 Å². The summed E-state index contributed by atoms with van der Waals surface area (Å²) in [4.78, 5) is 24.1. The van der Waals surface area contributed by atoms with E-state index in [1.165, 1.54) is 0 Å². The molecule has 0 unspecified atom stereocenters. The van der Waals surface area contributed by atoms with Crippen LogP contribution in [0.15, 0.2) is 65.8 Å². The largest absolute Gasteiger partial charge is 0.368 e. The lowest BCUT2D eigenvalue weighted by atomic mass is 9.99. The van der Waals surface area contributed by atoms with Crippen LogP contribution in [0, 0.1) is 0 Å². The Morgan fingerprint density at radius 3 is 1.88 bits per heavy atom. The predicted molar refractivity (Wildman–Crippen MR) is 102 cm³/mol. The molecular formula is C18H18N6OS. The van der Waals surface area contributed by atoms with Gasteiger partial charge < -0.3 is 16.8 Å². The van der Waals surface area contributed by atoms with Gasteiger partial charge in [-0.25, -0.2) is 0 Å². The van der Waals surface area contributed by atoms with Crippen LogP contribution in [0.25, 0.3) is 0 Å². The Hall–Kier alpha value is -3.13. The molecule has 0 saturated carbocycles. The molecule has 0 fully saturated rings. The number of aromatic nitrogens is 3. The number of hydrogen-bond acceptors (Lipinski definition) is 7. The Kier molecular flexibility index (Phi) is 5.65. The maximum Gasteiger partial charge on any atom is 0.231 e. The van der Waals surface area contributed by atoms with E-state index >= 15 is 0 Å². The second-order valence-electron chi connectivity index (χ2n) is 5.44. The average molecular weight is 366 g/mol. The van der Waals surface area contributed by atoms with Crippen LogP contribution in [0.2, 0.25) is 0 Å². The second kappa shape index (κ2) is 8.30. The van der Waals surface area contributed by atoms with Crippen LogP contribution >= 0.6 is 11.8 Å². The van der Waals surface area contributed by atoms with Gasteiger partial charge in [0, 0.05) is 0 Å². The highest BCUT2D eigenvalue weighted by Crippen LogP contribution is 2.22. The minimum atomic E-state index is -0.237. The third-order valence-electron chi connectivity index (χ3n) is 3.55. The van der Waals surface area contributed by atoms with Crippen molar-refractivity contribution in [3.05, 3.63) is 71.8 Å². The summed E-state index contributed by atoms with van der Waals surface area (Å²) >= 11 is 1.15. The van der Waals surface area contributed by atoms with Gasteiger partial charge in [0.25, 0.3) is 0 Å². The number of nitrogens with one attached hydrogen (secondary N) is 1. The summed E-state index contributed by atoms with van der Waals surface area (Å²) in [7, 11) is 0. The zero-order chi connectivity index (χ0) is 18.4. The lowest BCUT2D eigenvalue weighted by Crippen LogP contribution is -2.30. The second-order valence-corrected chi connectivity index (χ2v) is 6.39. The zero-order valence-corrected chi connectivity index (χ0v) is 14.7. The SMILES string of the molecule is Nc1nc(N)nc(SCC(=O)NC(c2ccccc2)c2ccccc2)n1. The third kappa shape index (κ3) is 4.70. The summed E-state index contributed by atoms with van der Waals surface area (Å²) in [6, 6.07) is 19.4. The van der Waals surface area contributed by atoms with Crippen molar-refractivity contribution >= 4 is 29.6 Å². The lowest BCUT2D eigenvalue weighted by molar-refractivity contribution is -0.119. The molecule has 7 nitrogen and oxygen atoms in total. The van der Waals surface area contributed by atoms with Crippen molar-refractivity contribution in [2.75, 3.05) is 17.2 Å². The highest BCUT2D eigenvalue weighted by Gasteiger charge is 2.17. The van der Waals surface area contributed by atoms with E-state index in [0.717, 1.165) is 22.9 Å². The minimum absolute atomic E-state index is 0.0341. The molecule has 8 heteroatoms. The number of thioether (sulfide) groups is 1. The molecule has 3 rings (SSSR count). The summed E-state index contributed by atoms with van der Waals surface area (Å²) < 4.78 is 0. The summed E-state index contributed by atoms with van der Waals surface area (Å²) in [6.07, 6.45) is 0. The number of anilines is 2. The highest BCUT2D eigenvalue weighted by atomic mass is 32.2. The monoisotopic (exact) mass is 366 g/mol. The van der Waals surface area contributed by atoms with Crippen molar-refractivity contribution in [1.82, 2.24) is 20.3 Å². The van der Waals surface area contributed by atoms with Crippen LogP contribution in [0.3, 0.4) is 0 Å². The summed E-state index contributed by atoms with van der Waals surface area (Å²) in [5, 5.41) is 3.38. The number of rotatable bonds is 6. The molecule has 1 heterocycles. The highest BCUT2D eigenvalue weighted by molar-refractivity contribution is 7.99. The van der Waals surface area contributed by atoms with E-state index < -0.39 is 0 Å². The van der Waals surface area contributed by atoms with Crippen molar-refractivity contribution in [1.29, 1.82) is 0 Å². The Labute approximate surface area is 155 Å². The van der Waals surface area contributed by atoms with E-state index in [2.05, 4.69) is 20.3 Å². The molecule has 0 aliphatic rings. The van der Waals surface area contributed by atoms with Crippen LogP contribution in [-0.2, 0) is 4.79 Å². The average Bonchev–Trinajstić information content (AvgIpc) is 2.65. The van der Waals surface area contributed by atoms with Crippen LogP contribution < -0.4 is 16.8 Å². The van der Waals surface area contributed by atoms with E-state index in [0.29, 0.717) is 5.16 Å². The maximum atomic E-state index is 12.5. The first-order chi connectivity index (χ1) is 12.6. The fourth-order valence-corrected chi connectivity index (χ4v) is 3.10. The fourth-order valence-electron chi connectivity index (χ4n) is 2.44. The number of benzene rings is 2. The first-order valence-electron chi connectivity index (χ1n) is 7.91. The molecule has 1 aromatic heterocycles. The Morgan fingerprint density at radius 2 is 1.38 bits per heavy atom. The molecule has 0 bridgehead atoms. The van der Waals surface area contributed by atoms with Gasteiger partial charge in [0.1, 0.15) is 0 Å². The molecule has 132 valence electrons. The zero-order valence-electron chi connectivity index (χ0n) is 13.9.